The average molecular weight is 451 g/mol. The summed E-state index contributed by atoms with van der Waals surface area (Å²) in [5, 5.41) is 0. The molecule has 2 fully saturated rings. The van der Waals surface area contributed by atoms with E-state index in [1.54, 1.807) is 6.92 Å². The molecule has 1 aliphatic carbocycles. The van der Waals surface area contributed by atoms with Gasteiger partial charge in [0.2, 0.25) is 5.95 Å². The Hall–Kier alpha value is -3.02. The number of fused-ring (bicyclic) bond motifs is 1. The number of ether oxygens (including phenoxy) is 3. The summed E-state index contributed by atoms with van der Waals surface area (Å²) in [5.74, 6) is -1.06. The summed E-state index contributed by atoms with van der Waals surface area (Å²) in [5.41, 5.74) is 5.83. The minimum absolute atomic E-state index is 0.0726. The fraction of sp³-hybridized carbons (Fsp3) is 0.650. The fourth-order valence-electron chi connectivity index (χ4n) is 4.10. The second-order valence-electron chi connectivity index (χ2n) is 8.21. The largest absolute Gasteiger partial charge is 0.460 e. The number of hydrogen-bond donors (Lipinski definition) is 1. The number of rotatable bonds is 7. The molecule has 2 aliphatic rings. The molecule has 1 unspecified atom stereocenters. The molecule has 1 saturated heterocycles. The Morgan fingerprint density at radius 3 is 2.66 bits per heavy atom. The molecular formula is C20H26FN5O6. The van der Waals surface area contributed by atoms with Crippen molar-refractivity contribution in [3.63, 3.8) is 0 Å². The quantitative estimate of drug-likeness (QED) is 0.613. The molecule has 2 aromatic rings. The summed E-state index contributed by atoms with van der Waals surface area (Å²) >= 11 is 0. The molecule has 0 amide bonds. The summed E-state index contributed by atoms with van der Waals surface area (Å²) in [7, 11) is 0. The monoisotopic (exact) mass is 451 g/mol. The molecule has 3 heterocycles. The Morgan fingerprint density at radius 2 is 2.06 bits per heavy atom. The minimum atomic E-state index is -1.85. The van der Waals surface area contributed by atoms with Crippen LogP contribution in [0, 0.1) is 5.92 Å². The second kappa shape index (κ2) is 8.49. The van der Waals surface area contributed by atoms with Crippen molar-refractivity contribution in [2.24, 2.45) is 5.92 Å². The third kappa shape index (κ3) is 4.06. The van der Waals surface area contributed by atoms with E-state index >= 15 is 4.39 Å². The summed E-state index contributed by atoms with van der Waals surface area (Å²) in [6, 6.07) is 0. The minimum Gasteiger partial charge on any atom is -0.460 e. The average Bonchev–Trinajstić information content (AvgIpc) is 3.44. The van der Waals surface area contributed by atoms with Gasteiger partial charge in [-0.15, -0.1) is 0 Å². The first-order chi connectivity index (χ1) is 15.2. The van der Waals surface area contributed by atoms with E-state index in [0.29, 0.717) is 18.0 Å². The van der Waals surface area contributed by atoms with Crippen molar-refractivity contribution in [1.29, 1.82) is 0 Å². The maximum absolute atomic E-state index is 15.5. The van der Waals surface area contributed by atoms with Crippen molar-refractivity contribution < 1.29 is 28.2 Å². The highest BCUT2D eigenvalue weighted by Gasteiger charge is 2.53. The summed E-state index contributed by atoms with van der Waals surface area (Å²) in [4.78, 5) is 44.8. The van der Waals surface area contributed by atoms with Gasteiger partial charge in [0.05, 0.1) is 6.20 Å². The number of esters is 2. The molecule has 5 atom stereocenters. The molecule has 0 aromatic carbocycles. The molecule has 4 rings (SSSR count). The number of carbonyl (C=O) groups excluding carboxylic acids is 2. The van der Waals surface area contributed by atoms with Crippen molar-refractivity contribution in [3.05, 3.63) is 16.7 Å². The highest BCUT2D eigenvalue weighted by atomic mass is 19.1. The SMILES string of the molecule is CCC(OC(C)=O)[C@H]1O[C@@H](n2c(=O)n(CC3CC3)c3cnc(N)nc32)[C@H](OC(C)=O)[C@H]1F. The normalized spacial score (nSPS) is 26.2. The fourth-order valence-corrected chi connectivity index (χ4v) is 4.10. The van der Waals surface area contributed by atoms with Crippen molar-refractivity contribution in [1.82, 2.24) is 19.1 Å². The van der Waals surface area contributed by atoms with Crippen LogP contribution in [0.4, 0.5) is 10.3 Å². The number of hydrogen-bond acceptors (Lipinski definition) is 9. The molecule has 32 heavy (non-hydrogen) atoms. The molecule has 0 radical (unpaired) electrons. The van der Waals surface area contributed by atoms with Gasteiger partial charge in [-0.25, -0.2) is 18.7 Å². The van der Waals surface area contributed by atoms with Crippen molar-refractivity contribution in [2.75, 3.05) is 5.73 Å². The van der Waals surface area contributed by atoms with Crippen molar-refractivity contribution >= 4 is 29.1 Å². The Kier molecular flexibility index (Phi) is 5.89. The van der Waals surface area contributed by atoms with E-state index in [9.17, 15) is 14.4 Å². The van der Waals surface area contributed by atoms with Crippen LogP contribution in [0.2, 0.25) is 0 Å². The van der Waals surface area contributed by atoms with Gasteiger partial charge in [-0.2, -0.15) is 4.98 Å². The number of alkyl halides is 1. The Morgan fingerprint density at radius 1 is 1.34 bits per heavy atom. The van der Waals surface area contributed by atoms with Gasteiger partial charge in [0.15, 0.2) is 24.2 Å². The number of nitrogens with two attached hydrogens (primary N) is 1. The lowest BCUT2D eigenvalue weighted by Gasteiger charge is -2.23. The number of imidazole rings is 1. The van der Waals surface area contributed by atoms with Gasteiger partial charge in [0.1, 0.15) is 17.7 Å². The van der Waals surface area contributed by atoms with Crippen LogP contribution in [0.1, 0.15) is 46.3 Å². The zero-order valence-electron chi connectivity index (χ0n) is 18.1. The van der Waals surface area contributed by atoms with Crippen LogP contribution in [0.5, 0.6) is 0 Å². The summed E-state index contributed by atoms with van der Waals surface area (Å²) < 4.78 is 34.5. The van der Waals surface area contributed by atoms with Crippen LogP contribution in [0.15, 0.2) is 11.0 Å². The lowest BCUT2D eigenvalue weighted by atomic mass is 10.0. The van der Waals surface area contributed by atoms with Gasteiger partial charge in [-0.3, -0.25) is 14.2 Å². The maximum Gasteiger partial charge on any atom is 0.332 e. The molecular weight excluding hydrogens is 425 g/mol. The number of aromatic nitrogens is 4. The Bertz CT molecular complexity index is 1100. The van der Waals surface area contributed by atoms with Crippen LogP contribution in [0.25, 0.3) is 11.2 Å². The first-order valence-electron chi connectivity index (χ1n) is 10.6. The topological polar surface area (TPSA) is 141 Å². The van der Waals surface area contributed by atoms with E-state index in [2.05, 4.69) is 9.97 Å². The van der Waals surface area contributed by atoms with Gasteiger partial charge in [0, 0.05) is 20.4 Å². The number of nitrogen functional groups attached to an aromatic ring is 1. The van der Waals surface area contributed by atoms with Crippen LogP contribution >= 0.6 is 0 Å². The summed E-state index contributed by atoms with van der Waals surface area (Å²) in [6.07, 6.45) is -3.10. The lowest BCUT2D eigenvalue weighted by molar-refractivity contribution is -0.159. The highest BCUT2D eigenvalue weighted by Crippen LogP contribution is 2.38. The first kappa shape index (κ1) is 22.2. The number of nitrogens with zero attached hydrogens (tertiary/aromatic N) is 4. The molecule has 1 aliphatic heterocycles. The molecule has 2 N–H and O–H groups in total. The van der Waals surface area contributed by atoms with Gasteiger partial charge in [-0.1, -0.05) is 6.92 Å². The zero-order chi connectivity index (χ0) is 23.2. The number of anilines is 1. The third-order valence-electron chi connectivity index (χ3n) is 5.71. The standard InChI is InChI=1S/C20H26FN5O6/c1-4-13(30-9(2)27)15-14(21)16(31-10(3)28)18(32-15)26-17-12(7-23-19(22)24-17)25(20(26)29)8-11-5-6-11/h7,11,13-16,18H,4-6,8H2,1-3H3,(H2,22,23,24)/t13?,14-,15+,16+,18+/m0/s1. The molecule has 0 bridgehead atoms. The molecule has 174 valence electrons. The summed E-state index contributed by atoms with van der Waals surface area (Å²) in [6.45, 7) is 4.51. The van der Waals surface area contributed by atoms with Crippen molar-refractivity contribution in [2.45, 2.75) is 77.3 Å². The van der Waals surface area contributed by atoms with E-state index in [0.717, 1.165) is 24.3 Å². The van der Waals surface area contributed by atoms with Crippen LogP contribution in [0.3, 0.4) is 0 Å². The van der Waals surface area contributed by atoms with Crippen LogP contribution < -0.4 is 11.4 Å². The number of halogens is 1. The molecule has 0 spiro atoms. The molecule has 12 heteroatoms. The first-order valence-corrected chi connectivity index (χ1v) is 10.6. The predicted octanol–water partition coefficient (Wildman–Crippen LogP) is 1.09. The Balaban J connectivity index is 1.81. The predicted molar refractivity (Wildman–Crippen MR) is 109 cm³/mol. The van der Waals surface area contributed by atoms with Gasteiger partial charge >= 0.3 is 17.6 Å². The third-order valence-corrected chi connectivity index (χ3v) is 5.71. The maximum atomic E-state index is 15.5. The van der Waals surface area contributed by atoms with Gasteiger partial charge < -0.3 is 19.9 Å². The smallest absolute Gasteiger partial charge is 0.332 e. The molecule has 2 aromatic heterocycles. The highest BCUT2D eigenvalue weighted by molar-refractivity contribution is 5.72. The molecule has 11 nitrogen and oxygen atoms in total. The van der Waals surface area contributed by atoms with E-state index in [4.69, 9.17) is 19.9 Å². The van der Waals surface area contributed by atoms with Crippen molar-refractivity contribution in [3.8, 4) is 0 Å². The molecule has 1 saturated carbocycles. The second-order valence-corrected chi connectivity index (χ2v) is 8.21. The van der Waals surface area contributed by atoms with Crippen LogP contribution in [-0.2, 0) is 30.3 Å². The zero-order valence-corrected chi connectivity index (χ0v) is 18.1. The lowest BCUT2D eigenvalue weighted by Crippen LogP contribution is -2.39. The Labute approximate surface area is 182 Å². The van der Waals surface area contributed by atoms with E-state index in [1.165, 1.54) is 17.7 Å². The van der Waals surface area contributed by atoms with E-state index in [-0.39, 0.29) is 18.0 Å². The van der Waals surface area contributed by atoms with Crippen LogP contribution in [-0.4, -0.2) is 55.5 Å². The van der Waals surface area contributed by atoms with Gasteiger partial charge in [0.25, 0.3) is 0 Å². The number of carbonyl (C=O) groups is 2. The van der Waals surface area contributed by atoms with E-state index < -0.39 is 48.3 Å². The van der Waals surface area contributed by atoms with Gasteiger partial charge in [-0.05, 0) is 25.2 Å². The van der Waals surface area contributed by atoms with E-state index in [1.807, 2.05) is 0 Å².